The van der Waals surface area contributed by atoms with E-state index in [2.05, 4.69) is 21.0 Å². The Balaban J connectivity index is 3.25. The van der Waals surface area contributed by atoms with Crippen LogP contribution in [0.2, 0.25) is 0 Å². The van der Waals surface area contributed by atoms with E-state index in [0.29, 0.717) is 26.1 Å². The van der Waals surface area contributed by atoms with Crippen LogP contribution in [0.3, 0.4) is 0 Å². The molecule has 0 radical (unpaired) electrons. The van der Waals surface area contributed by atoms with Crippen molar-refractivity contribution in [2.75, 3.05) is 85.8 Å². The summed E-state index contributed by atoms with van der Waals surface area (Å²) in [5.74, 6) is -0.303. The lowest BCUT2D eigenvalue weighted by molar-refractivity contribution is -0.890. The second-order valence-electron chi connectivity index (χ2n) is 14.9. The lowest BCUT2D eigenvalue weighted by atomic mass is 10.0. The molecule has 0 amide bonds. The zero-order valence-corrected chi connectivity index (χ0v) is 33.7. The third kappa shape index (κ3) is 43.8. The average molecular weight is 722 g/mol. The Hall–Kier alpha value is -0.290. The predicted octanol–water partition coefficient (Wildman–Crippen LogP) is 9.84. The predicted molar refractivity (Wildman–Crippen MR) is 205 cm³/mol. The Morgan fingerprint density at radius 3 is 0.939 bits per heavy atom. The molecule has 0 bridgehead atoms. The van der Waals surface area contributed by atoms with E-state index in [-0.39, 0.29) is 5.75 Å². The molecule has 0 unspecified atom stereocenters. The SMILES string of the molecule is CCCCCCCCCCCCCCCCCC[N+](C)(C)CCCCOCCCCOCCCCOCCCCOCCCCS(=O)(=O)[O-]. The zero-order chi connectivity index (χ0) is 36.0. The minimum Gasteiger partial charge on any atom is -0.748 e. The van der Waals surface area contributed by atoms with Crippen molar-refractivity contribution in [3.05, 3.63) is 0 Å². The summed E-state index contributed by atoms with van der Waals surface area (Å²) in [5.41, 5.74) is 0. The van der Waals surface area contributed by atoms with E-state index in [1.807, 2.05) is 0 Å². The molecule has 0 heterocycles. The number of hydrogen-bond acceptors (Lipinski definition) is 7. The maximum absolute atomic E-state index is 10.5. The summed E-state index contributed by atoms with van der Waals surface area (Å²) in [6, 6.07) is 0. The van der Waals surface area contributed by atoms with Gasteiger partial charge >= 0.3 is 0 Å². The van der Waals surface area contributed by atoms with Crippen LogP contribution in [0.15, 0.2) is 0 Å². The van der Waals surface area contributed by atoms with Crippen LogP contribution >= 0.6 is 0 Å². The van der Waals surface area contributed by atoms with Gasteiger partial charge in [-0.2, -0.15) is 0 Å². The molecule has 0 aliphatic heterocycles. The second kappa shape index (κ2) is 37.5. The number of quaternary nitrogens is 1. The first-order chi connectivity index (χ1) is 23.8. The van der Waals surface area contributed by atoms with Crippen LogP contribution in [0.5, 0.6) is 0 Å². The molecule has 8 nitrogen and oxygen atoms in total. The van der Waals surface area contributed by atoms with Gasteiger partial charge in [-0.3, -0.25) is 0 Å². The van der Waals surface area contributed by atoms with Crippen molar-refractivity contribution in [1.29, 1.82) is 0 Å². The van der Waals surface area contributed by atoms with Crippen molar-refractivity contribution >= 4 is 10.1 Å². The summed E-state index contributed by atoms with van der Waals surface area (Å²) >= 11 is 0. The molecule has 296 valence electrons. The number of nitrogens with zero attached hydrogens (tertiary/aromatic N) is 1. The normalized spacial score (nSPS) is 12.3. The van der Waals surface area contributed by atoms with Crippen molar-refractivity contribution < 1.29 is 36.4 Å². The molecule has 49 heavy (non-hydrogen) atoms. The average Bonchev–Trinajstić information content (AvgIpc) is 3.06. The minimum atomic E-state index is -4.10. The lowest BCUT2D eigenvalue weighted by Crippen LogP contribution is -2.41. The van der Waals surface area contributed by atoms with Gasteiger partial charge in [0.2, 0.25) is 0 Å². The van der Waals surface area contributed by atoms with Gasteiger partial charge in [0.25, 0.3) is 0 Å². The highest BCUT2D eigenvalue weighted by molar-refractivity contribution is 7.85. The summed E-state index contributed by atoms with van der Waals surface area (Å²) < 4.78 is 55.4. The Labute approximate surface area is 305 Å². The van der Waals surface area contributed by atoms with Gasteiger partial charge in [-0.05, 0) is 77.0 Å². The zero-order valence-electron chi connectivity index (χ0n) is 32.9. The van der Waals surface area contributed by atoms with Gasteiger partial charge in [0, 0.05) is 58.6 Å². The number of ether oxygens (including phenoxy) is 4. The molecule has 0 fully saturated rings. The maximum Gasteiger partial charge on any atom is 0.0945 e. The molecule has 0 aliphatic rings. The van der Waals surface area contributed by atoms with E-state index >= 15 is 0 Å². The molecule has 0 aromatic heterocycles. The molecule has 9 heteroatoms. The van der Waals surface area contributed by atoms with E-state index in [1.165, 1.54) is 122 Å². The molecule has 0 spiro atoms. The molecule has 0 saturated carbocycles. The van der Waals surface area contributed by atoms with Crippen LogP contribution in [0.25, 0.3) is 0 Å². The quantitative estimate of drug-likeness (QED) is 0.0352. The van der Waals surface area contributed by atoms with Crippen molar-refractivity contribution in [2.45, 2.75) is 174 Å². The molecular formula is C40H83NO7S. The molecule has 0 saturated heterocycles. The standard InChI is InChI=1S/C40H83NO7S/c1-4-5-6-7-8-9-10-11-12-13-14-15-16-17-18-19-30-41(2,3)31-20-21-32-45-33-22-23-34-46-35-24-25-36-47-37-26-27-38-48-39-28-29-40-49(42,43)44/h4-40H2,1-3H3. The third-order valence-corrected chi connectivity index (χ3v) is 10.1. The van der Waals surface area contributed by atoms with Gasteiger partial charge in [-0.15, -0.1) is 0 Å². The van der Waals surface area contributed by atoms with Gasteiger partial charge in [-0.1, -0.05) is 96.8 Å². The Morgan fingerprint density at radius 1 is 0.388 bits per heavy atom. The van der Waals surface area contributed by atoms with Gasteiger partial charge in [-0.25, -0.2) is 8.42 Å². The monoisotopic (exact) mass is 722 g/mol. The van der Waals surface area contributed by atoms with Gasteiger partial charge in [0.1, 0.15) is 0 Å². The van der Waals surface area contributed by atoms with Crippen molar-refractivity contribution in [1.82, 2.24) is 0 Å². The molecule has 0 aromatic carbocycles. The van der Waals surface area contributed by atoms with E-state index < -0.39 is 10.1 Å². The number of hydrogen-bond donors (Lipinski definition) is 0. The lowest BCUT2D eigenvalue weighted by Gasteiger charge is -2.30. The highest BCUT2D eigenvalue weighted by Crippen LogP contribution is 2.14. The largest absolute Gasteiger partial charge is 0.748 e. The van der Waals surface area contributed by atoms with E-state index in [1.54, 1.807) is 0 Å². The van der Waals surface area contributed by atoms with Crippen LogP contribution < -0.4 is 0 Å². The first kappa shape index (κ1) is 48.7. The smallest absolute Gasteiger partial charge is 0.0945 e. The highest BCUT2D eigenvalue weighted by Gasteiger charge is 2.13. The van der Waals surface area contributed by atoms with Crippen LogP contribution in [-0.4, -0.2) is 103 Å². The Kier molecular flexibility index (Phi) is 37.2. The summed E-state index contributed by atoms with van der Waals surface area (Å²) in [6.45, 7) is 10.8. The molecule has 0 rings (SSSR count). The maximum atomic E-state index is 10.5. The first-order valence-corrected chi connectivity index (χ1v) is 22.4. The Bertz CT molecular complexity index is 751. The fourth-order valence-corrected chi connectivity index (χ4v) is 6.62. The molecule has 0 atom stereocenters. The van der Waals surface area contributed by atoms with Crippen molar-refractivity contribution in [2.24, 2.45) is 0 Å². The molecule has 0 aliphatic carbocycles. The van der Waals surface area contributed by atoms with Crippen molar-refractivity contribution in [3.63, 3.8) is 0 Å². The summed E-state index contributed by atoms with van der Waals surface area (Å²) in [6.07, 6.45) is 32.3. The minimum absolute atomic E-state index is 0.303. The van der Waals surface area contributed by atoms with E-state index in [0.717, 1.165) is 89.1 Å². The van der Waals surface area contributed by atoms with Crippen LogP contribution in [-0.2, 0) is 29.1 Å². The van der Waals surface area contributed by atoms with E-state index in [9.17, 15) is 13.0 Å². The third-order valence-electron chi connectivity index (χ3n) is 9.33. The highest BCUT2D eigenvalue weighted by atomic mass is 32.2. The van der Waals surface area contributed by atoms with Gasteiger partial charge < -0.3 is 28.0 Å². The van der Waals surface area contributed by atoms with Crippen molar-refractivity contribution in [3.8, 4) is 0 Å². The fourth-order valence-electron chi connectivity index (χ4n) is 6.06. The topological polar surface area (TPSA) is 94.1 Å². The summed E-state index contributed by atoms with van der Waals surface area (Å²) in [5, 5.41) is 0. The van der Waals surface area contributed by atoms with Crippen LogP contribution in [0.1, 0.15) is 174 Å². The summed E-state index contributed by atoms with van der Waals surface area (Å²) in [4.78, 5) is 0. The molecule has 0 aromatic rings. The second-order valence-corrected chi connectivity index (χ2v) is 16.5. The van der Waals surface area contributed by atoms with Crippen LogP contribution in [0, 0.1) is 0 Å². The van der Waals surface area contributed by atoms with E-state index in [4.69, 9.17) is 18.9 Å². The fraction of sp³-hybridized carbons (Fsp3) is 1.00. The first-order valence-electron chi connectivity index (χ1n) is 20.8. The van der Waals surface area contributed by atoms with Crippen LogP contribution in [0.4, 0.5) is 0 Å². The molecule has 0 N–H and O–H groups in total. The number of unbranched alkanes of at least 4 members (excludes halogenated alkanes) is 20. The Morgan fingerprint density at radius 2 is 0.633 bits per heavy atom. The molecular weight excluding hydrogens is 639 g/mol. The summed E-state index contributed by atoms with van der Waals surface area (Å²) in [7, 11) is 0.687. The number of rotatable bonds is 42. The van der Waals surface area contributed by atoms with Gasteiger partial charge in [0.15, 0.2) is 0 Å². The van der Waals surface area contributed by atoms with Gasteiger partial charge in [0.05, 0.1) is 37.3 Å².